The van der Waals surface area contributed by atoms with Gasteiger partial charge < -0.3 is 0 Å². The summed E-state index contributed by atoms with van der Waals surface area (Å²) in [5.74, 6) is 2.23. The van der Waals surface area contributed by atoms with Crippen molar-refractivity contribution in [1.82, 2.24) is 0 Å². The molecule has 0 spiro atoms. The molecule has 0 amide bonds. The first kappa shape index (κ1) is 21.5. The van der Waals surface area contributed by atoms with E-state index in [0.717, 1.165) is 43.1 Å². The molecule has 0 N–H and O–H groups in total. The Bertz CT molecular complexity index is 1020. The summed E-state index contributed by atoms with van der Waals surface area (Å²) < 4.78 is 31.4. The molecule has 0 heterocycles. The molecular weight excluding hydrogens is 404 g/mol. The van der Waals surface area contributed by atoms with Gasteiger partial charge in [-0.2, -0.15) is 8.42 Å². The first-order chi connectivity index (χ1) is 14.6. The van der Waals surface area contributed by atoms with E-state index in [1.54, 1.807) is 12.1 Å². The molecule has 5 rings (SSSR count). The van der Waals surface area contributed by atoms with E-state index in [2.05, 4.69) is 26.5 Å². The molecule has 31 heavy (non-hydrogen) atoms. The van der Waals surface area contributed by atoms with Crippen molar-refractivity contribution in [3.05, 3.63) is 53.6 Å². The fourth-order valence-electron chi connectivity index (χ4n) is 7.56. The van der Waals surface area contributed by atoms with Crippen molar-refractivity contribution >= 4 is 10.1 Å². The summed E-state index contributed by atoms with van der Waals surface area (Å²) in [6.07, 6.45) is 11.0. The number of allylic oxidation sites excluding steroid dienone is 2. The molecule has 1 aromatic rings. The summed E-state index contributed by atoms with van der Waals surface area (Å²) in [6.45, 7) is 11.3. The molecular formula is C27H36O3S. The topological polar surface area (TPSA) is 43.4 Å². The van der Waals surface area contributed by atoms with Gasteiger partial charge in [-0.25, -0.2) is 0 Å². The Balaban J connectivity index is 1.34. The Hall–Kier alpha value is -1.39. The van der Waals surface area contributed by atoms with Crippen LogP contribution in [0.5, 0.6) is 0 Å². The zero-order chi connectivity index (χ0) is 22.0. The van der Waals surface area contributed by atoms with E-state index >= 15 is 0 Å². The van der Waals surface area contributed by atoms with Crippen LogP contribution in [0.15, 0.2) is 53.0 Å². The minimum absolute atomic E-state index is 0.196. The molecule has 0 radical (unpaired) electrons. The van der Waals surface area contributed by atoms with E-state index < -0.39 is 10.1 Å². The van der Waals surface area contributed by atoms with Gasteiger partial charge in [0.05, 0.1) is 11.0 Å². The molecule has 4 aliphatic rings. The molecule has 168 valence electrons. The van der Waals surface area contributed by atoms with Crippen molar-refractivity contribution in [3.8, 4) is 0 Å². The highest BCUT2D eigenvalue weighted by molar-refractivity contribution is 7.86. The van der Waals surface area contributed by atoms with Crippen LogP contribution in [0.4, 0.5) is 0 Å². The zero-order valence-electron chi connectivity index (χ0n) is 19.2. The predicted molar refractivity (Wildman–Crippen MR) is 124 cm³/mol. The van der Waals surface area contributed by atoms with Gasteiger partial charge in [-0.05, 0) is 99.0 Å². The Kier molecular flexibility index (Phi) is 5.06. The smallest absolute Gasteiger partial charge is 0.263 e. The molecule has 3 saturated carbocycles. The van der Waals surface area contributed by atoms with Crippen LogP contribution in [0, 0.1) is 35.5 Å². The van der Waals surface area contributed by atoms with Gasteiger partial charge in [0.25, 0.3) is 10.1 Å². The van der Waals surface area contributed by atoms with Gasteiger partial charge in [0.15, 0.2) is 0 Å². The van der Waals surface area contributed by atoms with E-state index in [1.165, 1.54) is 36.8 Å². The molecule has 3 fully saturated rings. The maximum absolute atomic E-state index is 12.8. The third-order valence-corrected chi connectivity index (χ3v) is 11.0. The van der Waals surface area contributed by atoms with Crippen molar-refractivity contribution < 1.29 is 12.6 Å². The molecule has 4 aliphatic carbocycles. The highest BCUT2D eigenvalue weighted by atomic mass is 32.2. The predicted octanol–water partition coefficient (Wildman–Crippen LogP) is 6.59. The summed E-state index contributed by atoms with van der Waals surface area (Å²) in [5.41, 5.74) is 4.51. The number of aryl methyl sites for hydroxylation is 1. The van der Waals surface area contributed by atoms with Gasteiger partial charge >= 0.3 is 0 Å². The Labute approximate surface area is 188 Å². The summed E-state index contributed by atoms with van der Waals surface area (Å²) in [6, 6.07) is 6.95. The first-order valence-corrected chi connectivity index (χ1v) is 13.4. The third kappa shape index (κ3) is 3.36. The van der Waals surface area contributed by atoms with Crippen molar-refractivity contribution in [1.29, 1.82) is 0 Å². The van der Waals surface area contributed by atoms with Crippen molar-refractivity contribution in [2.24, 2.45) is 28.6 Å². The summed E-state index contributed by atoms with van der Waals surface area (Å²) in [5, 5.41) is 0. The van der Waals surface area contributed by atoms with Crippen LogP contribution in [0.1, 0.15) is 70.8 Å². The van der Waals surface area contributed by atoms with Gasteiger partial charge in [0.2, 0.25) is 0 Å². The quantitative estimate of drug-likeness (QED) is 0.393. The highest BCUT2D eigenvalue weighted by Gasteiger charge is 2.57. The van der Waals surface area contributed by atoms with Gasteiger partial charge in [-0.3, -0.25) is 4.18 Å². The number of fused-ring (bicyclic) bond motifs is 5. The van der Waals surface area contributed by atoms with Crippen LogP contribution < -0.4 is 0 Å². The maximum Gasteiger partial charge on any atom is 0.297 e. The average Bonchev–Trinajstić information content (AvgIpc) is 3.03. The molecule has 6 atom stereocenters. The minimum Gasteiger partial charge on any atom is -0.263 e. The lowest BCUT2D eigenvalue weighted by molar-refractivity contribution is -0.0236. The van der Waals surface area contributed by atoms with E-state index in [-0.39, 0.29) is 16.4 Å². The van der Waals surface area contributed by atoms with Crippen LogP contribution >= 0.6 is 0 Å². The highest BCUT2D eigenvalue weighted by Crippen LogP contribution is 2.65. The Morgan fingerprint density at radius 3 is 2.42 bits per heavy atom. The van der Waals surface area contributed by atoms with E-state index in [4.69, 9.17) is 4.18 Å². The molecule has 0 saturated heterocycles. The van der Waals surface area contributed by atoms with E-state index in [9.17, 15) is 8.42 Å². The van der Waals surface area contributed by atoms with Gasteiger partial charge in [0, 0.05) is 0 Å². The second kappa shape index (κ2) is 7.31. The Morgan fingerprint density at radius 2 is 1.68 bits per heavy atom. The van der Waals surface area contributed by atoms with E-state index in [0.29, 0.717) is 11.3 Å². The first-order valence-electron chi connectivity index (χ1n) is 12.0. The number of hydrogen-bond acceptors (Lipinski definition) is 3. The van der Waals surface area contributed by atoms with Crippen molar-refractivity contribution in [2.45, 2.75) is 83.1 Å². The average molecular weight is 441 g/mol. The van der Waals surface area contributed by atoms with Crippen LogP contribution in [0.25, 0.3) is 0 Å². The fourth-order valence-corrected chi connectivity index (χ4v) is 8.66. The maximum atomic E-state index is 12.8. The SMILES string of the molecule is C=C1CC[C@H]2[C@@H]3CC=C4C[C@@H](OS(=O)(=O)c5ccc(C)cc5)CC[C@]4(C)[C@H]3CC[C@]12C. The van der Waals surface area contributed by atoms with Crippen LogP contribution in [-0.4, -0.2) is 14.5 Å². The molecule has 3 nitrogen and oxygen atoms in total. The lowest BCUT2D eigenvalue weighted by Crippen LogP contribution is -2.49. The molecule has 0 bridgehead atoms. The zero-order valence-corrected chi connectivity index (χ0v) is 20.0. The van der Waals surface area contributed by atoms with Crippen LogP contribution in [0.2, 0.25) is 0 Å². The lowest BCUT2D eigenvalue weighted by Gasteiger charge is -2.57. The normalized spacial score (nSPS) is 40.0. The standard InChI is InChI=1S/C27H36O3S/c1-18-5-9-22(10-6-18)31(28,29)30-21-13-15-27(4)20(17-21)8-11-23-24-12-7-19(2)26(24,3)16-14-25(23)27/h5-6,8-10,21,23-25H,2,7,11-17H2,1,3-4H3/t21-,23-,24-,25-,26+,27-/m0/s1. The van der Waals surface area contributed by atoms with Crippen LogP contribution in [-0.2, 0) is 14.3 Å². The van der Waals surface area contributed by atoms with Crippen LogP contribution in [0.3, 0.4) is 0 Å². The fraction of sp³-hybridized carbons (Fsp3) is 0.630. The number of hydrogen-bond donors (Lipinski definition) is 0. The van der Waals surface area contributed by atoms with Gasteiger partial charge in [-0.1, -0.05) is 55.3 Å². The third-order valence-electron chi connectivity index (χ3n) is 9.59. The second-order valence-corrected chi connectivity index (χ2v) is 12.7. The molecule has 0 unspecified atom stereocenters. The van der Waals surface area contributed by atoms with Gasteiger partial charge in [0.1, 0.15) is 0 Å². The molecule has 0 aliphatic heterocycles. The summed E-state index contributed by atoms with van der Waals surface area (Å²) >= 11 is 0. The molecule has 0 aromatic heterocycles. The van der Waals surface area contributed by atoms with Gasteiger partial charge in [-0.15, -0.1) is 0 Å². The number of rotatable bonds is 3. The second-order valence-electron chi connectivity index (χ2n) is 11.1. The molecule has 1 aromatic carbocycles. The molecule has 4 heteroatoms. The van der Waals surface area contributed by atoms with E-state index in [1.807, 2.05) is 19.1 Å². The lowest BCUT2D eigenvalue weighted by atomic mass is 9.48. The Morgan fingerprint density at radius 1 is 1.00 bits per heavy atom. The summed E-state index contributed by atoms with van der Waals surface area (Å²) in [7, 11) is -3.72. The minimum atomic E-state index is -3.72. The monoisotopic (exact) mass is 440 g/mol. The largest absolute Gasteiger partial charge is 0.297 e. The summed E-state index contributed by atoms with van der Waals surface area (Å²) in [4.78, 5) is 0.261. The van der Waals surface area contributed by atoms with Crippen molar-refractivity contribution in [2.75, 3.05) is 0 Å². The van der Waals surface area contributed by atoms with Crippen molar-refractivity contribution in [3.63, 3.8) is 0 Å². The number of benzene rings is 1.